The minimum atomic E-state index is -0.427. The lowest BCUT2D eigenvalue weighted by atomic mass is 9.87. The molecule has 0 atom stereocenters. The van der Waals surface area contributed by atoms with E-state index in [1.807, 2.05) is 0 Å². The van der Waals surface area contributed by atoms with Crippen molar-refractivity contribution >= 4 is 16.8 Å². The van der Waals surface area contributed by atoms with Crippen molar-refractivity contribution in [3.05, 3.63) is 22.8 Å². The molecule has 0 heterocycles. The van der Waals surface area contributed by atoms with Crippen molar-refractivity contribution < 1.29 is 14.3 Å². The average Bonchev–Trinajstić information content (AvgIpc) is 2.36. The summed E-state index contributed by atoms with van der Waals surface area (Å²) in [6, 6.07) is 1.68. The van der Waals surface area contributed by atoms with Gasteiger partial charge >= 0.3 is 0 Å². The maximum atomic E-state index is 11.5. The van der Waals surface area contributed by atoms with E-state index in [0.717, 1.165) is 42.6 Å². The smallest absolute Gasteiger partial charge is 0.252 e. The molecule has 92 valence electrons. The van der Waals surface area contributed by atoms with Crippen LogP contribution in [0.15, 0.2) is 6.07 Å². The third-order valence-electron chi connectivity index (χ3n) is 3.20. The molecule has 0 saturated carbocycles. The molecular weight excluding hydrogens is 240 g/mol. The predicted octanol–water partition coefficient (Wildman–Crippen LogP) is 2.96. The Labute approximate surface area is 106 Å². The van der Waals surface area contributed by atoms with Gasteiger partial charge in [0.05, 0.1) is 14.2 Å². The number of carbonyl (C=O) groups excluding carboxylic acids is 1. The van der Waals surface area contributed by atoms with E-state index in [0.29, 0.717) is 11.3 Å². The fourth-order valence-corrected chi connectivity index (χ4v) is 2.61. The van der Waals surface area contributed by atoms with Crippen LogP contribution in [0.25, 0.3) is 0 Å². The van der Waals surface area contributed by atoms with E-state index in [4.69, 9.17) is 21.1 Å². The zero-order valence-corrected chi connectivity index (χ0v) is 10.8. The molecule has 0 saturated heterocycles. The SMILES string of the molecule is COc1cc(C(=O)Cl)c2c(c1OC)CCCC2. The van der Waals surface area contributed by atoms with Crippen LogP contribution in [0.5, 0.6) is 11.5 Å². The zero-order chi connectivity index (χ0) is 12.4. The number of ether oxygens (including phenoxy) is 2. The van der Waals surface area contributed by atoms with E-state index in [2.05, 4.69) is 0 Å². The Bertz CT molecular complexity index is 454. The van der Waals surface area contributed by atoms with Crippen molar-refractivity contribution in [1.29, 1.82) is 0 Å². The molecule has 0 unspecified atom stereocenters. The van der Waals surface area contributed by atoms with Crippen LogP contribution in [0.3, 0.4) is 0 Å². The molecule has 0 bridgehead atoms. The van der Waals surface area contributed by atoms with Crippen LogP contribution in [-0.4, -0.2) is 19.5 Å². The molecule has 0 aliphatic heterocycles. The van der Waals surface area contributed by atoms with E-state index in [1.165, 1.54) is 0 Å². The summed E-state index contributed by atoms with van der Waals surface area (Å²) in [6.45, 7) is 0. The first-order chi connectivity index (χ1) is 8.19. The Morgan fingerprint density at radius 3 is 2.35 bits per heavy atom. The summed E-state index contributed by atoms with van der Waals surface area (Å²) in [6.07, 6.45) is 3.97. The molecular formula is C13H15ClO3. The first-order valence-corrected chi connectivity index (χ1v) is 6.03. The number of carbonyl (C=O) groups is 1. The van der Waals surface area contributed by atoms with Crippen molar-refractivity contribution in [2.75, 3.05) is 14.2 Å². The fraction of sp³-hybridized carbons (Fsp3) is 0.462. The number of halogens is 1. The van der Waals surface area contributed by atoms with Gasteiger partial charge < -0.3 is 9.47 Å². The van der Waals surface area contributed by atoms with E-state index < -0.39 is 5.24 Å². The Hall–Kier alpha value is -1.22. The van der Waals surface area contributed by atoms with Crippen molar-refractivity contribution in [2.24, 2.45) is 0 Å². The first-order valence-electron chi connectivity index (χ1n) is 5.65. The third kappa shape index (κ3) is 2.12. The molecule has 4 heteroatoms. The minimum Gasteiger partial charge on any atom is -0.493 e. The second-order valence-corrected chi connectivity index (χ2v) is 4.44. The lowest BCUT2D eigenvalue weighted by Crippen LogP contribution is -2.11. The lowest BCUT2D eigenvalue weighted by molar-refractivity contribution is 0.108. The summed E-state index contributed by atoms with van der Waals surface area (Å²) in [4.78, 5) is 11.5. The van der Waals surface area contributed by atoms with Crippen molar-refractivity contribution in [3.8, 4) is 11.5 Å². The summed E-state index contributed by atoms with van der Waals surface area (Å²) >= 11 is 5.63. The van der Waals surface area contributed by atoms with Crippen LogP contribution in [-0.2, 0) is 12.8 Å². The normalized spacial score (nSPS) is 14.1. The zero-order valence-electron chi connectivity index (χ0n) is 10.0. The van der Waals surface area contributed by atoms with Gasteiger partial charge in [0.1, 0.15) is 0 Å². The molecule has 0 radical (unpaired) electrons. The lowest BCUT2D eigenvalue weighted by Gasteiger charge is -2.22. The number of methoxy groups -OCH3 is 2. The monoisotopic (exact) mass is 254 g/mol. The second-order valence-electron chi connectivity index (χ2n) is 4.10. The Kier molecular flexibility index (Phi) is 3.57. The molecule has 3 nitrogen and oxygen atoms in total. The minimum absolute atomic E-state index is 0.427. The van der Waals surface area contributed by atoms with Crippen LogP contribution in [0.2, 0.25) is 0 Å². The largest absolute Gasteiger partial charge is 0.493 e. The maximum Gasteiger partial charge on any atom is 0.252 e. The molecule has 17 heavy (non-hydrogen) atoms. The molecule has 1 aromatic carbocycles. The highest BCUT2D eigenvalue weighted by molar-refractivity contribution is 6.68. The number of rotatable bonds is 3. The average molecular weight is 255 g/mol. The van der Waals surface area contributed by atoms with Gasteiger partial charge in [0.25, 0.3) is 5.24 Å². The molecule has 2 rings (SSSR count). The Morgan fingerprint density at radius 1 is 1.18 bits per heavy atom. The van der Waals surface area contributed by atoms with Gasteiger partial charge in [-0.25, -0.2) is 0 Å². The highest BCUT2D eigenvalue weighted by Gasteiger charge is 2.24. The van der Waals surface area contributed by atoms with Gasteiger partial charge in [-0.3, -0.25) is 4.79 Å². The van der Waals surface area contributed by atoms with E-state index in [-0.39, 0.29) is 0 Å². The van der Waals surface area contributed by atoms with E-state index >= 15 is 0 Å². The number of hydrogen-bond donors (Lipinski definition) is 0. The Balaban J connectivity index is 2.67. The fourth-order valence-electron chi connectivity index (χ4n) is 2.44. The number of fused-ring (bicyclic) bond motifs is 1. The van der Waals surface area contributed by atoms with Gasteiger partial charge in [-0.15, -0.1) is 0 Å². The molecule has 1 aliphatic rings. The highest BCUT2D eigenvalue weighted by atomic mass is 35.5. The predicted molar refractivity (Wildman–Crippen MR) is 66.4 cm³/mol. The van der Waals surface area contributed by atoms with Gasteiger partial charge in [-0.1, -0.05) is 0 Å². The standard InChI is InChI=1S/C13H15ClO3/c1-16-11-7-10(13(14)15)8-5-3-4-6-9(8)12(11)17-2/h7H,3-6H2,1-2H3. The molecule has 1 aromatic rings. The van der Waals surface area contributed by atoms with Gasteiger partial charge in [0.2, 0.25) is 0 Å². The number of benzene rings is 1. The van der Waals surface area contributed by atoms with Gasteiger partial charge in [0, 0.05) is 11.1 Å². The molecule has 0 amide bonds. The highest BCUT2D eigenvalue weighted by Crippen LogP contribution is 2.40. The number of hydrogen-bond acceptors (Lipinski definition) is 3. The summed E-state index contributed by atoms with van der Waals surface area (Å²) in [7, 11) is 3.19. The van der Waals surface area contributed by atoms with Crippen LogP contribution >= 0.6 is 11.6 Å². The molecule has 0 spiro atoms. The first kappa shape index (κ1) is 12.2. The van der Waals surface area contributed by atoms with Crippen LogP contribution < -0.4 is 9.47 Å². The van der Waals surface area contributed by atoms with Gasteiger partial charge in [-0.2, -0.15) is 0 Å². The summed E-state index contributed by atoms with van der Waals surface area (Å²) in [5, 5.41) is -0.427. The summed E-state index contributed by atoms with van der Waals surface area (Å²) < 4.78 is 10.6. The van der Waals surface area contributed by atoms with Crippen LogP contribution in [0.1, 0.15) is 34.3 Å². The van der Waals surface area contributed by atoms with Gasteiger partial charge in [0.15, 0.2) is 11.5 Å². The molecule has 0 aromatic heterocycles. The van der Waals surface area contributed by atoms with Crippen LogP contribution in [0, 0.1) is 0 Å². The van der Waals surface area contributed by atoms with Crippen molar-refractivity contribution in [3.63, 3.8) is 0 Å². The Morgan fingerprint density at radius 2 is 1.82 bits per heavy atom. The van der Waals surface area contributed by atoms with Crippen LogP contribution in [0.4, 0.5) is 0 Å². The molecule has 0 N–H and O–H groups in total. The summed E-state index contributed by atoms with van der Waals surface area (Å²) in [5.41, 5.74) is 2.65. The quantitative estimate of drug-likeness (QED) is 0.778. The van der Waals surface area contributed by atoms with Crippen molar-refractivity contribution in [1.82, 2.24) is 0 Å². The topological polar surface area (TPSA) is 35.5 Å². The van der Waals surface area contributed by atoms with Gasteiger partial charge in [-0.05, 0) is 48.9 Å². The van der Waals surface area contributed by atoms with E-state index in [1.54, 1.807) is 20.3 Å². The second kappa shape index (κ2) is 4.96. The summed E-state index contributed by atoms with van der Waals surface area (Å²) in [5.74, 6) is 1.32. The van der Waals surface area contributed by atoms with Crippen molar-refractivity contribution in [2.45, 2.75) is 25.7 Å². The molecule has 0 fully saturated rings. The molecule has 1 aliphatic carbocycles. The maximum absolute atomic E-state index is 11.5. The third-order valence-corrected chi connectivity index (χ3v) is 3.41. The van der Waals surface area contributed by atoms with E-state index in [9.17, 15) is 4.79 Å².